The number of amidine groups is 1. The van der Waals surface area contributed by atoms with Crippen LogP contribution in [-0.4, -0.2) is 39.0 Å². The topological polar surface area (TPSA) is 147 Å². The molecule has 1 atom stereocenters. The van der Waals surface area contributed by atoms with Crippen LogP contribution in [-0.2, 0) is 27.7 Å². The molecule has 1 aliphatic heterocycles. The summed E-state index contributed by atoms with van der Waals surface area (Å²) in [6.45, 7) is 1.38. The highest BCUT2D eigenvalue weighted by Crippen LogP contribution is 2.32. The number of nitrogens with zero attached hydrogens (tertiary/aromatic N) is 1. The number of nitrogen functional groups attached to an aromatic ring is 1. The fourth-order valence-corrected chi connectivity index (χ4v) is 5.26. The number of amides is 1. The highest BCUT2D eigenvalue weighted by Gasteiger charge is 2.28. The van der Waals surface area contributed by atoms with Gasteiger partial charge in [-0.2, -0.15) is 0 Å². The zero-order valence-electron chi connectivity index (χ0n) is 19.9. The largest absolute Gasteiger partial charge is 0.497 e. The van der Waals surface area contributed by atoms with Gasteiger partial charge in [-0.1, -0.05) is 18.2 Å². The number of carbonyl (C=O) groups is 1. The predicted octanol–water partition coefficient (Wildman–Crippen LogP) is 3.16. The van der Waals surface area contributed by atoms with E-state index in [1.807, 2.05) is 24.3 Å². The number of benzene rings is 3. The van der Waals surface area contributed by atoms with Crippen molar-refractivity contribution in [2.24, 2.45) is 10.7 Å². The molecule has 0 saturated heterocycles. The predicted molar refractivity (Wildman–Crippen MR) is 140 cm³/mol. The summed E-state index contributed by atoms with van der Waals surface area (Å²) >= 11 is 0. The first-order chi connectivity index (χ1) is 17.1. The molecule has 0 unspecified atom stereocenters. The molecule has 0 radical (unpaired) electrons. The molecule has 1 aliphatic rings. The van der Waals surface area contributed by atoms with Gasteiger partial charge >= 0.3 is 0 Å². The third kappa shape index (κ3) is 5.78. The summed E-state index contributed by atoms with van der Waals surface area (Å²) in [5.41, 5.74) is 9.92. The summed E-state index contributed by atoms with van der Waals surface area (Å²) in [4.78, 5) is 16.1. The lowest BCUT2D eigenvalue weighted by Crippen LogP contribution is -2.42. The Balaban J connectivity index is 1.64. The second kappa shape index (κ2) is 10.3. The first-order valence-electron chi connectivity index (χ1n) is 11.2. The maximum atomic E-state index is 13.3. The number of nitrogens with two attached hydrogens (primary N) is 1. The van der Waals surface area contributed by atoms with E-state index in [1.165, 1.54) is 31.2 Å². The zero-order chi connectivity index (χ0) is 25.9. The Labute approximate surface area is 210 Å². The summed E-state index contributed by atoms with van der Waals surface area (Å²) in [5.74, 6) is 0.397. The molecular formula is C26H27N5O4S. The third-order valence-electron chi connectivity index (χ3n) is 5.78. The van der Waals surface area contributed by atoms with Gasteiger partial charge in [-0.15, -0.1) is 0 Å². The number of nitrogens with one attached hydrogen (secondary N) is 3. The van der Waals surface area contributed by atoms with Gasteiger partial charge in [0.2, 0.25) is 15.9 Å². The van der Waals surface area contributed by atoms with Crippen molar-refractivity contribution in [3.8, 4) is 5.75 Å². The minimum Gasteiger partial charge on any atom is -0.497 e. The van der Waals surface area contributed by atoms with Crippen LogP contribution in [0.3, 0.4) is 0 Å². The van der Waals surface area contributed by atoms with Gasteiger partial charge in [-0.25, -0.2) is 13.1 Å². The first kappa shape index (κ1) is 25.1. The molecular weight excluding hydrogens is 478 g/mol. The minimum absolute atomic E-state index is 0.0639. The molecule has 0 bridgehead atoms. The van der Waals surface area contributed by atoms with Gasteiger partial charge in [-0.05, 0) is 66.1 Å². The van der Waals surface area contributed by atoms with Crippen molar-refractivity contribution >= 4 is 38.9 Å². The standard InChI is InChI=1S/C26H27N5O4S/c1-16(32)29-20-6-9-22(10-7-20)36(33,34)31-25(13-17-4-3-5-18(12-17)26(27)28)24-15-19-14-21(35-2)8-11-23(19)30-24/h3-12,14,25,31H,13,15H2,1-2H3,(H3,27,28)(H,29,32)/t25-/m0/s1. The number of fused-ring (bicyclic) bond motifs is 1. The number of carbonyl (C=O) groups excluding carboxylic acids is 1. The molecule has 0 aliphatic carbocycles. The molecule has 36 heavy (non-hydrogen) atoms. The number of aliphatic imine (C=N–C) groups is 1. The molecule has 1 heterocycles. The second-order valence-corrected chi connectivity index (χ2v) is 10.2. The zero-order valence-corrected chi connectivity index (χ0v) is 20.7. The van der Waals surface area contributed by atoms with Crippen LogP contribution in [0.5, 0.6) is 5.75 Å². The Bertz CT molecular complexity index is 1450. The summed E-state index contributed by atoms with van der Waals surface area (Å²) in [6.07, 6.45) is 0.780. The Morgan fingerprint density at radius 3 is 2.56 bits per heavy atom. The normalized spacial score (nSPS) is 13.4. The van der Waals surface area contributed by atoms with E-state index in [1.54, 1.807) is 25.3 Å². The number of sulfonamides is 1. The number of ether oxygens (including phenoxy) is 1. The lowest BCUT2D eigenvalue weighted by Gasteiger charge is -2.20. The summed E-state index contributed by atoms with van der Waals surface area (Å²) in [7, 11) is -2.33. The molecule has 9 nitrogen and oxygen atoms in total. The van der Waals surface area contributed by atoms with Crippen LogP contribution >= 0.6 is 0 Å². The Morgan fingerprint density at radius 2 is 1.89 bits per heavy atom. The van der Waals surface area contributed by atoms with Crippen LogP contribution in [0.25, 0.3) is 0 Å². The van der Waals surface area contributed by atoms with Crippen molar-refractivity contribution < 1.29 is 17.9 Å². The van der Waals surface area contributed by atoms with Crippen molar-refractivity contribution in [2.45, 2.75) is 30.7 Å². The monoisotopic (exact) mass is 505 g/mol. The van der Waals surface area contributed by atoms with E-state index in [0.717, 1.165) is 16.8 Å². The second-order valence-electron chi connectivity index (χ2n) is 8.47. The summed E-state index contributed by atoms with van der Waals surface area (Å²) < 4.78 is 34.8. The fourth-order valence-electron chi connectivity index (χ4n) is 4.04. The quantitative estimate of drug-likeness (QED) is 0.261. The van der Waals surface area contributed by atoms with Gasteiger partial charge in [0, 0.05) is 30.3 Å². The van der Waals surface area contributed by atoms with Crippen LogP contribution in [0.2, 0.25) is 0 Å². The molecule has 4 rings (SSSR count). The van der Waals surface area contributed by atoms with Gasteiger partial charge in [0.25, 0.3) is 0 Å². The third-order valence-corrected chi connectivity index (χ3v) is 7.27. The number of hydrogen-bond donors (Lipinski definition) is 4. The van der Waals surface area contributed by atoms with Gasteiger partial charge < -0.3 is 15.8 Å². The van der Waals surface area contributed by atoms with E-state index >= 15 is 0 Å². The maximum Gasteiger partial charge on any atom is 0.241 e. The summed E-state index contributed by atoms with van der Waals surface area (Å²) in [6, 6.07) is 18.0. The number of anilines is 1. The number of rotatable bonds is 9. The van der Waals surface area contributed by atoms with E-state index in [2.05, 4.69) is 10.0 Å². The average molecular weight is 506 g/mol. The lowest BCUT2D eigenvalue weighted by molar-refractivity contribution is -0.114. The van der Waals surface area contributed by atoms with E-state index in [4.69, 9.17) is 20.9 Å². The van der Waals surface area contributed by atoms with Gasteiger partial charge in [-0.3, -0.25) is 15.2 Å². The minimum atomic E-state index is -3.92. The Kier molecular flexibility index (Phi) is 7.18. The molecule has 10 heteroatoms. The maximum absolute atomic E-state index is 13.3. The molecule has 0 spiro atoms. The van der Waals surface area contributed by atoms with Crippen molar-refractivity contribution in [1.29, 1.82) is 5.41 Å². The van der Waals surface area contributed by atoms with E-state index in [0.29, 0.717) is 35.6 Å². The van der Waals surface area contributed by atoms with Gasteiger partial charge in [0.15, 0.2) is 0 Å². The van der Waals surface area contributed by atoms with Crippen LogP contribution in [0.1, 0.15) is 23.6 Å². The van der Waals surface area contributed by atoms with Gasteiger partial charge in [0.1, 0.15) is 11.6 Å². The molecule has 1 amide bonds. The van der Waals surface area contributed by atoms with E-state index in [9.17, 15) is 13.2 Å². The summed E-state index contributed by atoms with van der Waals surface area (Å²) in [5, 5.41) is 10.4. The van der Waals surface area contributed by atoms with Crippen molar-refractivity contribution in [3.63, 3.8) is 0 Å². The molecule has 3 aromatic carbocycles. The molecule has 5 N–H and O–H groups in total. The smallest absolute Gasteiger partial charge is 0.241 e. The number of hydrogen-bond acceptors (Lipinski definition) is 6. The Hall–Kier alpha value is -4.02. The van der Waals surface area contributed by atoms with Crippen molar-refractivity contribution in [3.05, 3.63) is 83.4 Å². The molecule has 3 aromatic rings. The average Bonchev–Trinajstić information content (AvgIpc) is 3.27. The molecule has 0 saturated carbocycles. The Morgan fingerprint density at radius 1 is 1.14 bits per heavy atom. The van der Waals surface area contributed by atoms with Crippen molar-refractivity contribution in [2.75, 3.05) is 12.4 Å². The van der Waals surface area contributed by atoms with Crippen molar-refractivity contribution in [1.82, 2.24) is 4.72 Å². The fraction of sp³-hybridized carbons (Fsp3) is 0.192. The molecule has 186 valence electrons. The van der Waals surface area contributed by atoms with E-state index in [-0.39, 0.29) is 16.6 Å². The van der Waals surface area contributed by atoms with Gasteiger partial charge in [0.05, 0.1) is 23.7 Å². The van der Waals surface area contributed by atoms with E-state index < -0.39 is 16.1 Å². The molecule has 0 aromatic heterocycles. The highest BCUT2D eigenvalue weighted by atomic mass is 32.2. The molecule has 0 fully saturated rings. The SMILES string of the molecule is COc1ccc2c(c1)CC([C@H](Cc1cccc(C(=N)N)c1)NS(=O)(=O)c1ccc(NC(C)=O)cc1)=N2. The number of methoxy groups -OCH3 is 1. The van der Waals surface area contributed by atoms with Crippen LogP contribution in [0, 0.1) is 5.41 Å². The van der Waals surface area contributed by atoms with Crippen LogP contribution in [0.15, 0.2) is 76.6 Å². The van der Waals surface area contributed by atoms with Crippen LogP contribution in [0.4, 0.5) is 11.4 Å². The highest BCUT2D eigenvalue weighted by molar-refractivity contribution is 7.89. The van der Waals surface area contributed by atoms with Crippen LogP contribution < -0.4 is 20.5 Å². The lowest BCUT2D eigenvalue weighted by atomic mass is 9.98. The first-order valence-corrected chi connectivity index (χ1v) is 12.7.